The molecule has 0 spiro atoms. The minimum Gasteiger partial charge on any atom is -0.395 e. The zero-order valence-electron chi connectivity index (χ0n) is 13.1. The number of nitrogens with zero attached hydrogens (tertiary/aromatic N) is 1. The van der Waals surface area contributed by atoms with Gasteiger partial charge in [-0.15, -0.1) is 0 Å². The van der Waals surface area contributed by atoms with E-state index in [2.05, 4.69) is 24.1 Å². The van der Waals surface area contributed by atoms with Gasteiger partial charge in [0.2, 0.25) is 0 Å². The summed E-state index contributed by atoms with van der Waals surface area (Å²) in [6.07, 6.45) is 9.28. The van der Waals surface area contributed by atoms with E-state index in [0.29, 0.717) is 12.0 Å². The summed E-state index contributed by atoms with van der Waals surface area (Å²) in [5, 5.41) is 12.9. The molecule has 0 aromatic carbocycles. The number of aliphatic hydroxyl groups is 1. The van der Waals surface area contributed by atoms with Gasteiger partial charge >= 0.3 is 0 Å². The Morgan fingerprint density at radius 3 is 2.37 bits per heavy atom. The Morgan fingerprint density at radius 2 is 1.79 bits per heavy atom. The first-order chi connectivity index (χ1) is 9.26. The summed E-state index contributed by atoms with van der Waals surface area (Å²) in [6, 6.07) is 0. The van der Waals surface area contributed by atoms with Crippen molar-refractivity contribution in [3.05, 3.63) is 0 Å². The van der Waals surface area contributed by atoms with E-state index in [1.54, 1.807) is 0 Å². The van der Waals surface area contributed by atoms with E-state index in [9.17, 15) is 5.11 Å². The molecule has 0 aromatic rings. The number of nitrogens with one attached hydrogen (secondary N) is 1. The lowest BCUT2D eigenvalue weighted by Crippen LogP contribution is -2.46. The maximum absolute atomic E-state index is 9.23. The van der Waals surface area contributed by atoms with Gasteiger partial charge in [-0.05, 0) is 44.2 Å². The van der Waals surface area contributed by atoms with Crippen LogP contribution in [-0.4, -0.2) is 49.3 Å². The highest BCUT2D eigenvalue weighted by Crippen LogP contribution is 2.36. The minimum absolute atomic E-state index is 0.290. The monoisotopic (exact) mass is 270 g/mol. The van der Waals surface area contributed by atoms with Crippen LogP contribution in [0.2, 0.25) is 0 Å². The molecule has 0 aromatic heterocycles. The summed E-state index contributed by atoms with van der Waals surface area (Å²) in [5.74, 6) is 0. The van der Waals surface area contributed by atoms with Gasteiger partial charge in [-0.2, -0.15) is 0 Å². The first kappa shape index (κ1) is 16.9. The van der Waals surface area contributed by atoms with Crippen LogP contribution in [0.25, 0.3) is 0 Å². The highest BCUT2D eigenvalue weighted by Gasteiger charge is 2.33. The van der Waals surface area contributed by atoms with Gasteiger partial charge in [0.05, 0.1) is 6.61 Å². The van der Waals surface area contributed by atoms with Crippen molar-refractivity contribution in [2.24, 2.45) is 5.41 Å². The standard InChI is InChI=1S/C16H34N2O/c1-3-10-17-14-16(8-6-5-7-9-16)15-18(11-4-2)12-13-19/h17,19H,3-15H2,1-2H3. The maximum Gasteiger partial charge on any atom is 0.0558 e. The molecule has 0 radical (unpaired) electrons. The molecule has 1 aliphatic rings. The first-order valence-electron chi connectivity index (χ1n) is 8.30. The number of hydrogen-bond donors (Lipinski definition) is 2. The quantitative estimate of drug-likeness (QED) is 0.599. The van der Waals surface area contributed by atoms with Crippen molar-refractivity contribution in [3.8, 4) is 0 Å². The van der Waals surface area contributed by atoms with Crippen molar-refractivity contribution in [1.82, 2.24) is 10.2 Å². The van der Waals surface area contributed by atoms with Gasteiger partial charge < -0.3 is 15.3 Å². The van der Waals surface area contributed by atoms with Gasteiger partial charge in [-0.3, -0.25) is 0 Å². The molecule has 1 saturated carbocycles. The molecule has 3 heteroatoms. The number of aliphatic hydroxyl groups excluding tert-OH is 1. The van der Waals surface area contributed by atoms with Crippen molar-refractivity contribution in [3.63, 3.8) is 0 Å². The molecule has 2 N–H and O–H groups in total. The topological polar surface area (TPSA) is 35.5 Å². The second-order valence-electron chi connectivity index (χ2n) is 6.24. The average molecular weight is 270 g/mol. The van der Waals surface area contributed by atoms with Crippen LogP contribution in [0, 0.1) is 5.41 Å². The van der Waals surface area contributed by atoms with E-state index in [-0.39, 0.29) is 0 Å². The lowest BCUT2D eigenvalue weighted by Gasteiger charge is -2.41. The van der Waals surface area contributed by atoms with Crippen molar-refractivity contribution < 1.29 is 5.11 Å². The van der Waals surface area contributed by atoms with Crippen LogP contribution < -0.4 is 5.32 Å². The zero-order chi connectivity index (χ0) is 14.0. The molecule has 0 heterocycles. The van der Waals surface area contributed by atoms with Crippen molar-refractivity contribution in [2.75, 3.05) is 39.3 Å². The van der Waals surface area contributed by atoms with Gasteiger partial charge in [-0.1, -0.05) is 33.1 Å². The Bertz CT molecular complexity index is 209. The molecule has 114 valence electrons. The highest BCUT2D eigenvalue weighted by atomic mass is 16.3. The summed E-state index contributed by atoms with van der Waals surface area (Å²) in [6.45, 7) is 10.2. The smallest absolute Gasteiger partial charge is 0.0558 e. The third-order valence-corrected chi connectivity index (χ3v) is 4.36. The highest BCUT2D eigenvalue weighted by molar-refractivity contribution is 4.88. The molecule has 0 amide bonds. The van der Waals surface area contributed by atoms with Crippen LogP contribution in [0.3, 0.4) is 0 Å². The summed E-state index contributed by atoms with van der Waals surface area (Å²) in [7, 11) is 0. The Morgan fingerprint density at radius 1 is 1.05 bits per heavy atom. The van der Waals surface area contributed by atoms with E-state index in [1.165, 1.54) is 44.9 Å². The van der Waals surface area contributed by atoms with E-state index >= 15 is 0 Å². The molecule has 0 unspecified atom stereocenters. The largest absolute Gasteiger partial charge is 0.395 e. The van der Waals surface area contributed by atoms with Gasteiger partial charge in [0.15, 0.2) is 0 Å². The second-order valence-corrected chi connectivity index (χ2v) is 6.24. The third-order valence-electron chi connectivity index (χ3n) is 4.36. The molecule has 3 nitrogen and oxygen atoms in total. The zero-order valence-corrected chi connectivity index (χ0v) is 13.1. The van der Waals surface area contributed by atoms with Gasteiger partial charge in [0.25, 0.3) is 0 Å². The van der Waals surface area contributed by atoms with E-state index in [4.69, 9.17) is 0 Å². The normalized spacial score (nSPS) is 18.9. The fourth-order valence-electron chi connectivity index (χ4n) is 3.42. The Hall–Kier alpha value is -0.120. The molecule has 0 saturated heterocycles. The Balaban J connectivity index is 2.55. The molecular formula is C16H34N2O. The van der Waals surface area contributed by atoms with Crippen LogP contribution in [0.5, 0.6) is 0 Å². The molecule has 0 bridgehead atoms. The van der Waals surface area contributed by atoms with E-state index < -0.39 is 0 Å². The Labute approximate surface area is 119 Å². The minimum atomic E-state index is 0.290. The molecule has 19 heavy (non-hydrogen) atoms. The lowest BCUT2D eigenvalue weighted by molar-refractivity contribution is 0.0889. The van der Waals surface area contributed by atoms with E-state index in [1.807, 2.05) is 0 Å². The fourth-order valence-corrected chi connectivity index (χ4v) is 3.42. The van der Waals surface area contributed by atoms with Crippen molar-refractivity contribution in [1.29, 1.82) is 0 Å². The predicted molar refractivity (Wildman–Crippen MR) is 82.5 cm³/mol. The summed E-state index contributed by atoms with van der Waals surface area (Å²) in [4.78, 5) is 2.47. The predicted octanol–water partition coefficient (Wildman–Crippen LogP) is 2.64. The van der Waals surface area contributed by atoms with Crippen LogP contribution in [0.15, 0.2) is 0 Å². The molecule has 1 fully saturated rings. The lowest BCUT2D eigenvalue weighted by atomic mass is 9.73. The molecule has 1 rings (SSSR count). The fraction of sp³-hybridized carbons (Fsp3) is 1.00. The Kier molecular flexibility index (Phi) is 8.67. The third kappa shape index (κ3) is 6.24. The molecular weight excluding hydrogens is 236 g/mol. The average Bonchev–Trinajstić information content (AvgIpc) is 2.41. The SMILES string of the molecule is CCCNCC1(CN(CCC)CCO)CCCCC1. The molecule has 0 atom stereocenters. The van der Waals surface area contributed by atoms with Crippen LogP contribution in [-0.2, 0) is 0 Å². The number of rotatable bonds is 10. The van der Waals surface area contributed by atoms with Crippen molar-refractivity contribution >= 4 is 0 Å². The van der Waals surface area contributed by atoms with Crippen LogP contribution in [0.1, 0.15) is 58.8 Å². The van der Waals surface area contributed by atoms with Gasteiger partial charge in [-0.25, -0.2) is 0 Å². The number of hydrogen-bond acceptors (Lipinski definition) is 3. The van der Waals surface area contributed by atoms with Crippen molar-refractivity contribution in [2.45, 2.75) is 58.8 Å². The van der Waals surface area contributed by atoms with Gasteiger partial charge in [0, 0.05) is 19.6 Å². The summed E-state index contributed by atoms with van der Waals surface area (Å²) in [5.41, 5.74) is 0.456. The summed E-state index contributed by atoms with van der Waals surface area (Å²) < 4.78 is 0. The second kappa shape index (κ2) is 9.73. The molecule has 1 aliphatic carbocycles. The van der Waals surface area contributed by atoms with Gasteiger partial charge in [0.1, 0.15) is 0 Å². The molecule has 0 aliphatic heterocycles. The van der Waals surface area contributed by atoms with Crippen LogP contribution in [0.4, 0.5) is 0 Å². The first-order valence-corrected chi connectivity index (χ1v) is 8.30. The summed E-state index contributed by atoms with van der Waals surface area (Å²) >= 11 is 0. The van der Waals surface area contributed by atoms with E-state index in [0.717, 1.165) is 32.7 Å². The maximum atomic E-state index is 9.23. The van der Waals surface area contributed by atoms with Crippen LogP contribution >= 0.6 is 0 Å².